The van der Waals surface area contributed by atoms with Gasteiger partial charge in [0.2, 0.25) is 0 Å². The molecular formula is C14H19N3O3. The zero-order chi connectivity index (χ0) is 15.5. The van der Waals surface area contributed by atoms with E-state index in [1.54, 1.807) is 19.1 Å². The first-order valence-corrected chi connectivity index (χ1v) is 5.92. The molecule has 1 rings (SSSR count). The molecule has 4 N–H and O–H groups in total. The normalized spacial score (nSPS) is 8.70. The lowest BCUT2D eigenvalue weighted by Gasteiger charge is -2.08. The number of hydrogen-bond donors (Lipinski definition) is 3. The van der Waals surface area contributed by atoms with Crippen LogP contribution in [0.15, 0.2) is 31.0 Å². The zero-order valence-corrected chi connectivity index (χ0v) is 11.6. The largest absolute Gasteiger partial charge is 0.462 e. The summed E-state index contributed by atoms with van der Waals surface area (Å²) in [5, 5.41) is 8.71. The third-order valence-corrected chi connectivity index (χ3v) is 2.17. The third kappa shape index (κ3) is 5.34. The molecule has 0 aliphatic rings. The van der Waals surface area contributed by atoms with Gasteiger partial charge in [-0.1, -0.05) is 6.58 Å². The minimum atomic E-state index is -0.430. The van der Waals surface area contributed by atoms with Gasteiger partial charge in [0.05, 0.1) is 18.5 Å². The van der Waals surface area contributed by atoms with E-state index in [0.717, 1.165) is 6.34 Å². The third-order valence-electron chi connectivity index (χ3n) is 2.17. The highest BCUT2D eigenvalue weighted by Crippen LogP contribution is 2.19. The molecule has 1 aromatic carbocycles. The molecular weight excluding hydrogens is 258 g/mol. The molecule has 0 fully saturated rings. The number of carbonyl (C=O) groups excluding carboxylic acids is 2. The molecule has 1 aromatic rings. The van der Waals surface area contributed by atoms with Crippen LogP contribution < -0.4 is 11.1 Å². The van der Waals surface area contributed by atoms with Gasteiger partial charge in [0.15, 0.2) is 5.78 Å². The molecule has 0 aliphatic heterocycles. The van der Waals surface area contributed by atoms with E-state index in [1.807, 2.05) is 0 Å². The second-order valence-electron chi connectivity index (χ2n) is 3.55. The molecule has 0 aliphatic carbocycles. The maximum Gasteiger partial charge on any atom is 0.338 e. The van der Waals surface area contributed by atoms with Crippen molar-refractivity contribution in [3.63, 3.8) is 0 Å². The maximum atomic E-state index is 11.5. The number of hydrogen-bond acceptors (Lipinski definition) is 5. The lowest BCUT2D eigenvalue weighted by molar-refractivity contribution is 0.0526. The molecule has 20 heavy (non-hydrogen) atoms. The Labute approximate surface area is 118 Å². The van der Waals surface area contributed by atoms with Crippen molar-refractivity contribution in [2.24, 2.45) is 5.73 Å². The number of esters is 1. The molecule has 6 nitrogen and oxygen atoms in total. The van der Waals surface area contributed by atoms with E-state index in [-0.39, 0.29) is 5.78 Å². The smallest absolute Gasteiger partial charge is 0.338 e. The summed E-state index contributed by atoms with van der Waals surface area (Å²) in [5.41, 5.74) is 5.82. The number of Topliss-reactive ketones (excluding diaryl/α,β-unsaturated/α-hetero) is 1. The SMILES string of the molecule is C=CNc1ccc(C(=O)OCC)cc1C(C)=O.N=CN. The number of nitrogens with two attached hydrogens (primary N) is 1. The lowest BCUT2D eigenvalue weighted by Crippen LogP contribution is -2.07. The number of nitrogens with one attached hydrogen (secondary N) is 2. The topological polar surface area (TPSA) is 105 Å². The van der Waals surface area contributed by atoms with Gasteiger partial charge in [-0.3, -0.25) is 10.2 Å². The van der Waals surface area contributed by atoms with E-state index in [9.17, 15) is 9.59 Å². The zero-order valence-electron chi connectivity index (χ0n) is 11.6. The highest BCUT2D eigenvalue weighted by molar-refractivity contribution is 6.02. The van der Waals surface area contributed by atoms with Crippen molar-refractivity contribution in [1.82, 2.24) is 0 Å². The summed E-state index contributed by atoms with van der Waals surface area (Å²) in [6, 6.07) is 4.78. The quantitative estimate of drug-likeness (QED) is 0.331. The monoisotopic (exact) mass is 277 g/mol. The number of carbonyl (C=O) groups is 2. The average molecular weight is 277 g/mol. The maximum absolute atomic E-state index is 11.5. The van der Waals surface area contributed by atoms with Crippen molar-refractivity contribution in [2.75, 3.05) is 11.9 Å². The molecule has 6 heteroatoms. The van der Waals surface area contributed by atoms with Gasteiger partial charge in [-0.2, -0.15) is 0 Å². The lowest BCUT2D eigenvalue weighted by atomic mass is 10.1. The van der Waals surface area contributed by atoms with Crippen LogP contribution >= 0.6 is 0 Å². The second-order valence-corrected chi connectivity index (χ2v) is 3.55. The minimum absolute atomic E-state index is 0.125. The Bertz CT molecular complexity index is 498. The molecule has 0 bridgehead atoms. The Morgan fingerprint density at radius 2 is 2.10 bits per heavy atom. The predicted molar refractivity (Wildman–Crippen MR) is 79.2 cm³/mol. The van der Waals surface area contributed by atoms with E-state index in [0.29, 0.717) is 23.4 Å². The molecule has 0 saturated heterocycles. The number of anilines is 1. The molecule has 0 heterocycles. The van der Waals surface area contributed by atoms with Crippen LogP contribution in [0.4, 0.5) is 5.69 Å². The highest BCUT2D eigenvalue weighted by Gasteiger charge is 2.12. The van der Waals surface area contributed by atoms with Crippen molar-refractivity contribution in [3.05, 3.63) is 42.1 Å². The van der Waals surface area contributed by atoms with E-state index in [1.165, 1.54) is 19.2 Å². The summed E-state index contributed by atoms with van der Waals surface area (Å²) in [6.07, 6.45) is 2.23. The predicted octanol–water partition coefficient (Wildman–Crippen LogP) is 2.17. The minimum Gasteiger partial charge on any atom is -0.462 e. The molecule has 0 aromatic heterocycles. The summed E-state index contributed by atoms with van der Waals surface area (Å²) in [5.74, 6) is -0.555. The van der Waals surface area contributed by atoms with Gasteiger partial charge in [-0.25, -0.2) is 4.79 Å². The highest BCUT2D eigenvalue weighted by atomic mass is 16.5. The Balaban J connectivity index is 0.00000110. The van der Waals surface area contributed by atoms with Gasteiger partial charge in [0.1, 0.15) is 0 Å². The molecule has 0 unspecified atom stereocenters. The Kier molecular flexibility index (Phi) is 8.09. The van der Waals surface area contributed by atoms with E-state index in [4.69, 9.17) is 10.1 Å². The molecule has 108 valence electrons. The summed E-state index contributed by atoms with van der Waals surface area (Å²) >= 11 is 0. The standard InChI is InChI=1S/C13H15NO3.CH4N2/c1-4-14-12-7-6-10(13(16)17-5-2)8-11(12)9(3)15;2-1-3/h4,6-8,14H,1,5H2,2-3H3;1H,(H3,2,3). The molecule has 0 atom stereocenters. The molecule has 0 amide bonds. The number of benzene rings is 1. The number of rotatable bonds is 5. The van der Waals surface area contributed by atoms with Crippen LogP contribution in [0.1, 0.15) is 34.6 Å². The van der Waals surface area contributed by atoms with Gasteiger partial charge < -0.3 is 15.8 Å². The van der Waals surface area contributed by atoms with Gasteiger partial charge in [0.25, 0.3) is 0 Å². The summed E-state index contributed by atoms with van der Waals surface area (Å²) < 4.78 is 4.87. The first-order valence-electron chi connectivity index (χ1n) is 5.92. The van der Waals surface area contributed by atoms with Crippen LogP contribution in [0.2, 0.25) is 0 Å². The number of ketones is 1. The van der Waals surface area contributed by atoms with Crippen molar-refractivity contribution < 1.29 is 14.3 Å². The fraction of sp³-hybridized carbons (Fsp3) is 0.214. The van der Waals surface area contributed by atoms with Crippen molar-refractivity contribution in [3.8, 4) is 0 Å². The van der Waals surface area contributed by atoms with Crippen LogP contribution in [0, 0.1) is 5.41 Å². The van der Waals surface area contributed by atoms with E-state index in [2.05, 4.69) is 17.6 Å². The average Bonchev–Trinajstić information content (AvgIpc) is 2.40. The molecule has 0 radical (unpaired) electrons. The first-order chi connectivity index (χ1) is 9.51. The van der Waals surface area contributed by atoms with Crippen LogP contribution in [0.25, 0.3) is 0 Å². The van der Waals surface area contributed by atoms with E-state index < -0.39 is 5.97 Å². The van der Waals surface area contributed by atoms with Gasteiger partial charge >= 0.3 is 5.97 Å². The van der Waals surface area contributed by atoms with E-state index >= 15 is 0 Å². The van der Waals surface area contributed by atoms with Crippen LogP contribution in [0.3, 0.4) is 0 Å². The Morgan fingerprint density at radius 3 is 2.55 bits per heavy atom. The van der Waals surface area contributed by atoms with Crippen molar-refractivity contribution in [2.45, 2.75) is 13.8 Å². The van der Waals surface area contributed by atoms with Gasteiger partial charge in [-0.15, -0.1) is 0 Å². The first kappa shape index (κ1) is 17.4. The summed E-state index contributed by atoms with van der Waals surface area (Å²) in [6.45, 7) is 7.01. The summed E-state index contributed by atoms with van der Waals surface area (Å²) in [7, 11) is 0. The van der Waals surface area contributed by atoms with Crippen molar-refractivity contribution in [1.29, 1.82) is 5.41 Å². The van der Waals surface area contributed by atoms with Gasteiger partial charge in [-0.05, 0) is 38.2 Å². The Hall–Kier alpha value is -2.63. The fourth-order valence-corrected chi connectivity index (χ4v) is 1.41. The van der Waals surface area contributed by atoms with Crippen LogP contribution in [0.5, 0.6) is 0 Å². The van der Waals surface area contributed by atoms with Gasteiger partial charge in [0, 0.05) is 11.3 Å². The van der Waals surface area contributed by atoms with Crippen LogP contribution in [-0.4, -0.2) is 24.7 Å². The Morgan fingerprint density at radius 1 is 1.50 bits per heavy atom. The fourth-order valence-electron chi connectivity index (χ4n) is 1.41. The second kappa shape index (κ2) is 9.32. The number of ether oxygens (including phenoxy) is 1. The van der Waals surface area contributed by atoms with Crippen LogP contribution in [-0.2, 0) is 4.74 Å². The van der Waals surface area contributed by atoms with Crippen molar-refractivity contribution >= 4 is 23.8 Å². The summed E-state index contributed by atoms with van der Waals surface area (Å²) in [4.78, 5) is 23.0. The molecule has 0 saturated carbocycles. The molecule has 0 spiro atoms.